The molecule has 0 aliphatic carbocycles. The molecule has 34 heavy (non-hydrogen) atoms. The number of morpholine rings is 1. The van der Waals surface area contributed by atoms with Crippen LogP contribution in [0, 0.1) is 0 Å². The predicted molar refractivity (Wildman–Crippen MR) is 131 cm³/mol. The van der Waals surface area contributed by atoms with E-state index in [2.05, 4.69) is 10.2 Å². The van der Waals surface area contributed by atoms with Gasteiger partial charge in [-0.05, 0) is 23.3 Å². The molecule has 0 saturated carbocycles. The van der Waals surface area contributed by atoms with Crippen molar-refractivity contribution in [2.75, 3.05) is 38.2 Å². The second kappa shape index (κ2) is 11.5. The number of carbonyl (C=O) groups excluding carboxylic acids is 1. The molecule has 0 unspecified atom stereocenters. The van der Waals surface area contributed by atoms with Crippen molar-refractivity contribution in [1.82, 2.24) is 4.90 Å². The Kier molecular flexibility index (Phi) is 8.71. The number of benzene rings is 2. The second-order valence-corrected chi connectivity index (χ2v) is 10.6. The minimum atomic E-state index is -2.04. The number of nitrogens with zero attached hydrogens (tertiary/aromatic N) is 1. The third kappa shape index (κ3) is 6.83. The van der Waals surface area contributed by atoms with Gasteiger partial charge in [-0.15, -0.1) is 0 Å². The molecule has 2 aliphatic rings. The van der Waals surface area contributed by atoms with Crippen LogP contribution in [-0.2, 0) is 25.6 Å². The molecule has 10 heteroatoms. The molecule has 0 spiro atoms. The number of halogens is 3. The summed E-state index contributed by atoms with van der Waals surface area (Å²) in [7, 11) is 0. The van der Waals surface area contributed by atoms with Crippen molar-refractivity contribution in [3.8, 4) is 0 Å². The average molecular weight is 530 g/mol. The zero-order valence-electron chi connectivity index (χ0n) is 18.5. The third-order valence-electron chi connectivity index (χ3n) is 5.88. The van der Waals surface area contributed by atoms with Crippen LogP contribution in [0.2, 0.25) is 0 Å². The highest BCUT2D eigenvalue weighted by molar-refractivity contribution is 6.76. The van der Waals surface area contributed by atoms with E-state index in [1.165, 1.54) is 0 Å². The predicted octanol–water partition coefficient (Wildman–Crippen LogP) is 4.37. The van der Waals surface area contributed by atoms with E-state index in [-0.39, 0.29) is 18.8 Å². The Morgan fingerprint density at radius 1 is 1.00 bits per heavy atom. The number of aliphatic hydroxyl groups is 1. The lowest BCUT2D eigenvalue weighted by Crippen LogP contribution is -2.44. The van der Waals surface area contributed by atoms with Gasteiger partial charge < -0.3 is 24.6 Å². The lowest BCUT2D eigenvalue weighted by molar-refractivity contribution is -0.253. The first kappa shape index (κ1) is 25.7. The molecule has 0 bridgehead atoms. The van der Waals surface area contributed by atoms with Crippen LogP contribution in [0.3, 0.4) is 0 Å². The minimum absolute atomic E-state index is 0.00163. The number of amides is 1. The van der Waals surface area contributed by atoms with Gasteiger partial charge in [0.25, 0.3) is 9.70 Å². The number of ether oxygens (including phenoxy) is 3. The summed E-state index contributed by atoms with van der Waals surface area (Å²) in [6.45, 7) is 3.97. The number of carbonyl (C=O) groups is 1. The molecule has 0 radical (unpaired) electrons. The number of hydrogen-bond acceptors (Lipinski definition) is 6. The molecule has 7 nitrogen and oxygen atoms in total. The number of aliphatic hydroxyl groups excluding tert-OH is 1. The van der Waals surface area contributed by atoms with E-state index in [1.807, 2.05) is 36.4 Å². The van der Waals surface area contributed by atoms with Crippen molar-refractivity contribution in [3.05, 3.63) is 65.2 Å². The van der Waals surface area contributed by atoms with Crippen LogP contribution in [0.15, 0.2) is 48.5 Å². The first-order chi connectivity index (χ1) is 16.3. The van der Waals surface area contributed by atoms with E-state index >= 15 is 0 Å². The maximum absolute atomic E-state index is 11.9. The van der Waals surface area contributed by atoms with Gasteiger partial charge in [-0.3, -0.25) is 9.69 Å². The van der Waals surface area contributed by atoms with Crippen LogP contribution in [0.1, 0.15) is 35.5 Å². The van der Waals surface area contributed by atoms with Gasteiger partial charge in [0.15, 0.2) is 6.29 Å². The van der Waals surface area contributed by atoms with Gasteiger partial charge in [-0.2, -0.15) is 0 Å². The second-order valence-electron chi connectivity index (χ2n) is 8.34. The fourth-order valence-electron chi connectivity index (χ4n) is 4.03. The Morgan fingerprint density at radius 3 is 2.26 bits per heavy atom. The molecular formula is C24H27Cl3N2O5. The van der Waals surface area contributed by atoms with E-state index in [9.17, 15) is 9.90 Å². The molecule has 1 amide bonds. The summed E-state index contributed by atoms with van der Waals surface area (Å²) in [5.74, 6) is -0.729. The summed E-state index contributed by atoms with van der Waals surface area (Å²) in [6.07, 6.45) is -0.0754. The first-order valence-corrected chi connectivity index (χ1v) is 12.2. The van der Waals surface area contributed by atoms with Crippen molar-refractivity contribution in [3.63, 3.8) is 0 Å². The number of hydrogen-bond donors (Lipinski definition) is 2. The molecule has 2 aromatic carbocycles. The van der Waals surface area contributed by atoms with Gasteiger partial charge in [0.05, 0.1) is 32.0 Å². The van der Waals surface area contributed by atoms with E-state index in [4.69, 9.17) is 49.0 Å². The van der Waals surface area contributed by atoms with Crippen LogP contribution < -0.4 is 5.32 Å². The topological polar surface area (TPSA) is 80.3 Å². The zero-order chi connectivity index (χ0) is 24.1. The molecule has 2 saturated heterocycles. The number of anilines is 1. The Labute approximate surface area is 213 Å². The van der Waals surface area contributed by atoms with Gasteiger partial charge in [0, 0.05) is 37.3 Å². The van der Waals surface area contributed by atoms with Crippen LogP contribution in [0.25, 0.3) is 0 Å². The van der Waals surface area contributed by atoms with Crippen molar-refractivity contribution in [1.29, 1.82) is 0 Å². The zero-order valence-corrected chi connectivity index (χ0v) is 20.7. The lowest BCUT2D eigenvalue weighted by Gasteiger charge is -2.39. The summed E-state index contributed by atoms with van der Waals surface area (Å²) >= 11 is 16.9. The molecule has 4 rings (SSSR count). The largest absolute Gasteiger partial charge is 0.392 e. The monoisotopic (exact) mass is 528 g/mol. The molecule has 2 fully saturated rings. The Morgan fingerprint density at radius 2 is 1.65 bits per heavy atom. The molecule has 3 atom stereocenters. The molecular weight excluding hydrogens is 503 g/mol. The highest BCUT2D eigenvalue weighted by Gasteiger charge is 2.34. The Bertz CT molecular complexity index is 947. The average Bonchev–Trinajstić information content (AvgIpc) is 2.84. The number of rotatable bonds is 6. The number of nitrogens with one attached hydrogen (secondary N) is 1. The smallest absolute Gasteiger partial charge is 0.276 e. The molecule has 2 heterocycles. The van der Waals surface area contributed by atoms with Crippen LogP contribution >= 0.6 is 34.8 Å². The molecule has 2 aliphatic heterocycles. The summed E-state index contributed by atoms with van der Waals surface area (Å²) in [5.41, 5.74) is 3.20. The fraction of sp³-hybridized carbons (Fsp3) is 0.458. The normalized spacial score (nSPS) is 24.1. The molecule has 184 valence electrons. The van der Waals surface area contributed by atoms with Gasteiger partial charge in [-0.25, -0.2) is 0 Å². The highest BCUT2D eigenvalue weighted by atomic mass is 35.6. The molecule has 2 N–H and O–H groups in total. The van der Waals surface area contributed by atoms with E-state index in [0.29, 0.717) is 12.1 Å². The SMILES string of the molecule is O=C(Nc1ccc([C@@H]2O[C@H](CN3CCOCC3)C[C@H](c3ccc(CO)cc3)O2)cc1)C(Cl)(Cl)Cl. The molecule has 2 aromatic rings. The van der Waals surface area contributed by atoms with Crippen LogP contribution in [-0.4, -0.2) is 58.7 Å². The third-order valence-corrected chi connectivity index (χ3v) is 6.39. The van der Waals surface area contributed by atoms with E-state index < -0.39 is 16.0 Å². The maximum Gasteiger partial charge on any atom is 0.276 e. The lowest BCUT2D eigenvalue weighted by atomic mass is 9.99. The van der Waals surface area contributed by atoms with Gasteiger partial charge in [-0.1, -0.05) is 71.2 Å². The van der Waals surface area contributed by atoms with Crippen molar-refractivity contribution >= 4 is 46.4 Å². The van der Waals surface area contributed by atoms with Crippen LogP contribution in [0.5, 0.6) is 0 Å². The van der Waals surface area contributed by atoms with Gasteiger partial charge >= 0.3 is 0 Å². The summed E-state index contributed by atoms with van der Waals surface area (Å²) in [5, 5.41) is 11.9. The first-order valence-electron chi connectivity index (χ1n) is 11.1. The number of alkyl halides is 3. The van der Waals surface area contributed by atoms with Crippen molar-refractivity contribution in [2.45, 2.75) is 35.3 Å². The Balaban J connectivity index is 1.50. The minimum Gasteiger partial charge on any atom is -0.392 e. The van der Waals surface area contributed by atoms with Gasteiger partial charge in [0.1, 0.15) is 0 Å². The van der Waals surface area contributed by atoms with Gasteiger partial charge in [0.2, 0.25) is 0 Å². The summed E-state index contributed by atoms with van der Waals surface area (Å²) in [4.78, 5) is 14.3. The Hall–Kier alpha value is -1.42. The summed E-state index contributed by atoms with van der Waals surface area (Å²) < 4.78 is 16.1. The standard InChI is InChI=1S/C24H27Cl3N2O5/c25-24(26,27)23(31)28-19-7-5-18(6-8-19)22-33-20(14-29-9-11-32-12-10-29)13-21(34-22)17-3-1-16(15-30)2-4-17/h1-8,20-22,30H,9-15H2,(H,28,31)/t20-,21+,22+/m0/s1. The molecule has 0 aromatic heterocycles. The van der Waals surface area contributed by atoms with Crippen LogP contribution in [0.4, 0.5) is 5.69 Å². The van der Waals surface area contributed by atoms with E-state index in [0.717, 1.165) is 49.5 Å². The van der Waals surface area contributed by atoms with Crippen molar-refractivity contribution in [2.24, 2.45) is 0 Å². The highest BCUT2D eigenvalue weighted by Crippen LogP contribution is 2.38. The maximum atomic E-state index is 11.9. The van der Waals surface area contributed by atoms with Crippen molar-refractivity contribution < 1.29 is 24.1 Å². The fourth-order valence-corrected chi connectivity index (χ4v) is 4.17. The quantitative estimate of drug-likeness (QED) is 0.541. The summed E-state index contributed by atoms with van der Waals surface area (Å²) in [6, 6.07) is 14.9. The van der Waals surface area contributed by atoms with E-state index in [1.54, 1.807) is 12.1 Å².